The van der Waals surface area contributed by atoms with E-state index in [1.54, 1.807) is 0 Å². The molecule has 0 spiro atoms. The third-order valence-corrected chi connectivity index (χ3v) is 2.17. The van der Waals surface area contributed by atoms with E-state index in [2.05, 4.69) is 4.74 Å². The summed E-state index contributed by atoms with van der Waals surface area (Å²) >= 11 is 0. The van der Waals surface area contributed by atoms with Crippen LogP contribution in [0.15, 0.2) is 0 Å². The van der Waals surface area contributed by atoms with Crippen molar-refractivity contribution in [3.05, 3.63) is 0 Å². The van der Waals surface area contributed by atoms with Crippen molar-refractivity contribution in [3.63, 3.8) is 0 Å². The van der Waals surface area contributed by atoms with Gasteiger partial charge in [-0.15, -0.1) is 0 Å². The van der Waals surface area contributed by atoms with E-state index >= 15 is 0 Å². The van der Waals surface area contributed by atoms with E-state index in [-0.39, 0.29) is 25.0 Å². The molecule has 0 aliphatic carbocycles. The Hall–Kier alpha value is -0.940. The Labute approximate surface area is 82.3 Å². The lowest BCUT2D eigenvalue weighted by Crippen LogP contribution is -2.38. The number of ether oxygens (including phenoxy) is 3. The van der Waals surface area contributed by atoms with Gasteiger partial charge in [-0.2, -0.15) is 0 Å². The molecule has 0 bridgehead atoms. The van der Waals surface area contributed by atoms with Crippen LogP contribution in [-0.4, -0.2) is 39.4 Å². The predicted octanol–water partition coefficient (Wildman–Crippen LogP) is -0.0149. The fourth-order valence-corrected chi connectivity index (χ4v) is 1.48. The number of cyclic esters (lactones) is 2. The lowest BCUT2D eigenvalue weighted by Gasteiger charge is -2.25. The molecule has 2 unspecified atom stereocenters. The van der Waals surface area contributed by atoms with Crippen molar-refractivity contribution < 1.29 is 23.8 Å². The Morgan fingerprint density at radius 2 is 1.57 bits per heavy atom. The second kappa shape index (κ2) is 5.07. The molecule has 0 amide bonds. The molecule has 5 heteroatoms. The van der Waals surface area contributed by atoms with E-state index in [1.807, 2.05) is 0 Å². The average molecular weight is 202 g/mol. The van der Waals surface area contributed by atoms with Crippen LogP contribution in [0.4, 0.5) is 0 Å². The lowest BCUT2D eigenvalue weighted by molar-refractivity contribution is -0.175. The van der Waals surface area contributed by atoms with Crippen LogP contribution in [0.3, 0.4) is 0 Å². The molecule has 5 nitrogen and oxygen atoms in total. The van der Waals surface area contributed by atoms with Crippen molar-refractivity contribution in [2.24, 2.45) is 11.8 Å². The number of methoxy groups -OCH3 is 2. The highest BCUT2D eigenvalue weighted by molar-refractivity contribution is 5.90. The molecule has 0 aromatic heterocycles. The summed E-state index contributed by atoms with van der Waals surface area (Å²) < 4.78 is 14.3. The molecule has 0 aromatic carbocycles. The molecule has 0 N–H and O–H groups in total. The standard InChI is InChI=1S/C9H14O5/c1-12-4-6-3-7(5-13-2)9(11)14-8(6)10/h6-7H,3-5H2,1-2H3. The minimum atomic E-state index is -0.496. The minimum absolute atomic E-state index is 0.284. The van der Waals surface area contributed by atoms with Crippen molar-refractivity contribution in [1.82, 2.24) is 0 Å². The molecule has 1 fully saturated rings. The van der Waals surface area contributed by atoms with Gasteiger partial charge in [0.15, 0.2) is 0 Å². The summed E-state index contributed by atoms with van der Waals surface area (Å²) in [6.45, 7) is 0.568. The summed E-state index contributed by atoms with van der Waals surface area (Å²) in [4.78, 5) is 22.4. The number of hydrogen-bond donors (Lipinski definition) is 0. The van der Waals surface area contributed by atoms with Crippen LogP contribution in [0.25, 0.3) is 0 Å². The van der Waals surface area contributed by atoms with Gasteiger partial charge in [0, 0.05) is 14.2 Å². The molecule has 0 radical (unpaired) electrons. The summed E-state index contributed by atoms with van der Waals surface area (Å²) in [6, 6.07) is 0. The van der Waals surface area contributed by atoms with Gasteiger partial charge in [0.1, 0.15) is 0 Å². The van der Waals surface area contributed by atoms with Gasteiger partial charge in [0.2, 0.25) is 0 Å². The van der Waals surface area contributed by atoms with Crippen molar-refractivity contribution in [3.8, 4) is 0 Å². The van der Waals surface area contributed by atoms with Crippen molar-refractivity contribution in [1.29, 1.82) is 0 Å². The Kier molecular flexibility index (Phi) is 4.03. The van der Waals surface area contributed by atoms with E-state index in [1.165, 1.54) is 14.2 Å². The molecule has 1 aliphatic rings. The fraction of sp³-hybridized carbons (Fsp3) is 0.778. The van der Waals surface area contributed by atoms with Gasteiger partial charge in [0.25, 0.3) is 0 Å². The third kappa shape index (κ3) is 2.52. The van der Waals surface area contributed by atoms with E-state index in [0.717, 1.165) is 0 Å². The number of esters is 2. The third-order valence-electron chi connectivity index (χ3n) is 2.17. The molecule has 14 heavy (non-hydrogen) atoms. The molecule has 1 saturated heterocycles. The largest absolute Gasteiger partial charge is 0.393 e. The van der Waals surface area contributed by atoms with Crippen molar-refractivity contribution in [2.75, 3.05) is 27.4 Å². The van der Waals surface area contributed by atoms with Gasteiger partial charge in [-0.05, 0) is 6.42 Å². The van der Waals surface area contributed by atoms with Crippen LogP contribution in [0.1, 0.15) is 6.42 Å². The monoisotopic (exact) mass is 202 g/mol. The maximum atomic E-state index is 11.2. The lowest BCUT2D eigenvalue weighted by atomic mass is 9.93. The number of carbonyl (C=O) groups excluding carboxylic acids is 2. The quantitative estimate of drug-likeness (QED) is 0.473. The first-order valence-corrected chi connectivity index (χ1v) is 4.42. The molecule has 0 aromatic rings. The molecule has 0 saturated carbocycles. The predicted molar refractivity (Wildman–Crippen MR) is 46.4 cm³/mol. The van der Waals surface area contributed by atoms with Crippen LogP contribution in [-0.2, 0) is 23.8 Å². The number of rotatable bonds is 4. The zero-order valence-electron chi connectivity index (χ0n) is 8.32. The molecule has 80 valence electrons. The van der Waals surface area contributed by atoms with Gasteiger partial charge in [-0.3, -0.25) is 9.59 Å². The molecule has 2 atom stereocenters. The topological polar surface area (TPSA) is 61.8 Å². The van der Waals surface area contributed by atoms with Crippen LogP contribution in [0, 0.1) is 11.8 Å². The van der Waals surface area contributed by atoms with Gasteiger partial charge in [-0.25, -0.2) is 0 Å². The zero-order valence-corrected chi connectivity index (χ0v) is 8.32. The second-order valence-corrected chi connectivity index (χ2v) is 3.28. The first-order chi connectivity index (χ1) is 6.69. The van der Waals surface area contributed by atoms with Crippen LogP contribution >= 0.6 is 0 Å². The van der Waals surface area contributed by atoms with Crippen LogP contribution in [0.5, 0.6) is 0 Å². The Morgan fingerprint density at radius 1 is 1.14 bits per heavy atom. The summed E-state index contributed by atoms with van der Waals surface area (Å²) in [5.74, 6) is -1.69. The highest BCUT2D eigenvalue weighted by atomic mass is 16.6. The highest BCUT2D eigenvalue weighted by Crippen LogP contribution is 2.22. The van der Waals surface area contributed by atoms with Crippen molar-refractivity contribution >= 4 is 11.9 Å². The molecule has 1 heterocycles. The summed E-state index contributed by atoms with van der Waals surface area (Å²) in [7, 11) is 3.02. The Bertz CT molecular complexity index is 203. The maximum absolute atomic E-state index is 11.2. The van der Waals surface area contributed by atoms with Gasteiger partial charge in [-0.1, -0.05) is 0 Å². The van der Waals surface area contributed by atoms with E-state index in [4.69, 9.17) is 9.47 Å². The first-order valence-electron chi connectivity index (χ1n) is 4.42. The first kappa shape index (κ1) is 11.1. The van der Waals surface area contributed by atoms with E-state index in [9.17, 15) is 9.59 Å². The smallest absolute Gasteiger partial charge is 0.318 e. The van der Waals surface area contributed by atoms with E-state index < -0.39 is 11.9 Å². The summed E-state index contributed by atoms with van der Waals surface area (Å²) in [5.41, 5.74) is 0. The van der Waals surface area contributed by atoms with E-state index in [0.29, 0.717) is 6.42 Å². The number of hydrogen-bond acceptors (Lipinski definition) is 5. The molecule has 1 rings (SSSR count). The second-order valence-electron chi connectivity index (χ2n) is 3.28. The summed E-state index contributed by atoms with van der Waals surface area (Å²) in [6.07, 6.45) is 0.444. The van der Waals surface area contributed by atoms with Crippen LogP contribution in [0.2, 0.25) is 0 Å². The molecule has 1 aliphatic heterocycles. The average Bonchev–Trinajstić information content (AvgIpc) is 2.14. The Balaban J connectivity index is 2.55. The summed E-state index contributed by atoms with van der Waals surface area (Å²) in [5, 5.41) is 0. The molecular formula is C9H14O5. The fourth-order valence-electron chi connectivity index (χ4n) is 1.48. The number of carbonyl (C=O) groups is 2. The van der Waals surface area contributed by atoms with Gasteiger partial charge < -0.3 is 14.2 Å². The maximum Gasteiger partial charge on any atom is 0.318 e. The highest BCUT2D eigenvalue weighted by Gasteiger charge is 2.36. The van der Waals surface area contributed by atoms with Crippen LogP contribution < -0.4 is 0 Å². The van der Waals surface area contributed by atoms with Gasteiger partial charge >= 0.3 is 11.9 Å². The normalized spacial score (nSPS) is 27.6. The zero-order chi connectivity index (χ0) is 10.6. The minimum Gasteiger partial charge on any atom is -0.393 e. The molecular weight excluding hydrogens is 188 g/mol. The Morgan fingerprint density at radius 3 is 1.93 bits per heavy atom. The van der Waals surface area contributed by atoms with Crippen molar-refractivity contribution in [2.45, 2.75) is 6.42 Å². The SMILES string of the molecule is COCC1CC(COC)C(=O)OC1=O. The van der Waals surface area contributed by atoms with Gasteiger partial charge in [0.05, 0.1) is 25.0 Å².